The first-order chi connectivity index (χ1) is 14.0. The third-order valence-corrected chi connectivity index (χ3v) is 5.07. The summed E-state index contributed by atoms with van der Waals surface area (Å²) in [5.41, 5.74) is 1.99. The molecule has 154 valence electrons. The van der Waals surface area contributed by atoms with Gasteiger partial charge in [0, 0.05) is 12.2 Å². The van der Waals surface area contributed by atoms with Gasteiger partial charge in [-0.25, -0.2) is 0 Å². The van der Waals surface area contributed by atoms with Crippen LogP contribution in [-0.2, 0) is 9.59 Å². The molecule has 6 heteroatoms. The predicted octanol–water partition coefficient (Wildman–Crippen LogP) is 3.19. The number of amides is 2. The van der Waals surface area contributed by atoms with E-state index in [1.165, 1.54) is 0 Å². The number of benzene rings is 2. The molecule has 0 aliphatic heterocycles. The molecule has 0 bridgehead atoms. The molecule has 0 heterocycles. The van der Waals surface area contributed by atoms with E-state index in [0.717, 1.165) is 22.7 Å². The first-order valence-electron chi connectivity index (χ1n) is 9.96. The summed E-state index contributed by atoms with van der Waals surface area (Å²) in [7, 11) is 1.61. The van der Waals surface area contributed by atoms with Crippen LogP contribution in [0.2, 0.25) is 0 Å². The number of nitrogens with zero attached hydrogens (tertiary/aromatic N) is 1. The van der Waals surface area contributed by atoms with Gasteiger partial charge in [0.2, 0.25) is 11.8 Å². The number of ether oxygens (including phenoxy) is 2. The fourth-order valence-corrected chi connectivity index (χ4v) is 3.37. The molecule has 2 aromatic rings. The van der Waals surface area contributed by atoms with Gasteiger partial charge < -0.3 is 19.7 Å². The van der Waals surface area contributed by atoms with Crippen molar-refractivity contribution in [2.45, 2.75) is 20.3 Å². The van der Waals surface area contributed by atoms with Gasteiger partial charge in [0.1, 0.15) is 18.1 Å². The van der Waals surface area contributed by atoms with E-state index < -0.39 is 0 Å². The number of methoxy groups -OCH3 is 1. The molecule has 2 atom stereocenters. The van der Waals surface area contributed by atoms with E-state index in [1.54, 1.807) is 12.0 Å². The number of nitrogens with one attached hydrogen (secondary N) is 1. The quantitative estimate of drug-likeness (QED) is 0.661. The van der Waals surface area contributed by atoms with Crippen LogP contribution in [0.15, 0.2) is 48.5 Å². The fraction of sp³-hybridized carbons (Fsp3) is 0.391. The normalized spacial score (nSPS) is 17.3. The molecule has 1 N–H and O–H groups in total. The van der Waals surface area contributed by atoms with E-state index in [-0.39, 0.29) is 23.7 Å². The van der Waals surface area contributed by atoms with Crippen LogP contribution in [0.4, 0.5) is 5.69 Å². The van der Waals surface area contributed by atoms with E-state index in [4.69, 9.17) is 9.47 Å². The molecule has 29 heavy (non-hydrogen) atoms. The van der Waals surface area contributed by atoms with Gasteiger partial charge in [0.25, 0.3) is 0 Å². The Morgan fingerprint density at radius 3 is 2.48 bits per heavy atom. The molecule has 1 aliphatic carbocycles. The third-order valence-electron chi connectivity index (χ3n) is 5.07. The van der Waals surface area contributed by atoms with Crippen molar-refractivity contribution >= 4 is 17.5 Å². The standard InChI is InChI=1S/C23H28N2O4/c1-4-25(17-7-5-6-16(2)14-17)23(27)21-15-20(21)22(26)24-12-13-29-19-10-8-18(28-3)9-11-19/h5-11,14,20-21H,4,12-13,15H2,1-3H3,(H,24,26). The summed E-state index contributed by atoms with van der Waals surface area (Å²) in [5, 5.41) is 2.87. The van der Waals surface area contributed by atoms with E-state index in [0.29, 0.717) is 26.1 Å². The van der Waals surface area contributed by atoms with Crippen molar-refractivity contribution in [2.24, 2.45) is 11.8 Å². The smallest absolute Gasteiger partial charge is 0.230 e. The van der Waals surface area contributed by atoms with Crippen molar-refractivity contribution in [3.8, 4) is 11.5 Å². The van der Waals surface area contributed by atoms with Crippen molar-refractivity contribution in [3.05, 3.63) is 54.1 Å². The second kappa shape index (κ2) is 9.45. The minimum Gasteiger partial charge on any atom is -0.497 e. The zero-order chi connectivity index (χ0) is 20.8. The molecule has 0 spiro atoms. The number of rotatable bonds is 9. The Morgan fingerprint density at radius 1 is 1.10 bits per heavy atom. The third kappa shape index (κ3) is 5.28. The summed E-state index contributed by atoms with van der Waals surface area (Å²) in [4.78, 5) is 27.0. The Hall–Kier alpha value is -3.02. The molecular weight excluding hydrogens is 368 g/mol. The molecule has 1 aliphatic rings. The topological polar surface area (TPSA) is 67.9 Å². The number of anilines is 1. The van der Waals surface area contributed by atoms with Crippen LogP contribution in [-0.4, -0.2) is 38.6 Å². The van der Waals surface area contributed by atoms with Gasteiger partial charge in [-0.15, -0.1) is 0 Å². The van der Waals surface area contributed by atoms with Gasteiger partial charge in [-0.05, 0) is 62.2 Å². The lowest BCUT2D eigenvalue weighted by molar-refractivity contribution is -0.126. The van der Waals surface area contributed by atoms with Crippen molar-refractivity contribution in [3.63, 3.8) is 0 Å². The zero-order valence-corrected chi connectivity index (χ0v) is 17.2. The van der Waals surface area contributed by atoms with Crippen molar-refractivity contribution < 1.29 is 19.1 Å². The van der Waals surface area contributed by atoms with Crippen molar-refractivity contribution in [1.82, 2.24) is 5.32 Å². The van der Waals surface area contributed by atoms with Gasteiger partial charge in [-0.3, -0.25) is 9.59 Å². The van der Waals surface area contributed by atoms with Crippen LogP contribution < -0.4 is 19.7 Å². The van der Waals surface area contributed by atoms with Crippen LogP contribution in [0, 0.1) is 18.8 Å². The van der Waals surface area contributed by atoms with E-state index in [1.807, 2.05) is 62.4 Å². The highest BCUT2D eigenvalue weighted by molar-refractivity contribution is 6.01. The molecule has 0 saturated heterocycles. The van der Waals surface area contributed by atoms with Crippen molar-refractivity contribution in [1.29, 1.82) is 0 Å². The molecule has 2 aromatic carbocycles. The van der Waals surface area contributed by atoms with Crippen LogP contribution in [0.5, 0.6) is 11.5 Å². The van der Waals surface area contributed by atoms with Gasteiger partial charge in [-0.1, -0.05) is 12.1 Å². The van der Waals surface area contributed by atoms with E-state index >= 15 is 0 Å². The summed E-state index contributed by atoms with van der Waals surface area (Å²) in [6, 6.07) is 15.2. The first-order valence-corrected chi connectivity index (χ1v) is 9.96. The maximum Gasteiger partial charge on any atom is 0.230 e. The lowest BCUT2D eigenvalue weighted by atomic mass is 10.2. The number of aryl methyl sites for hydroxylation is 1. The number of carbonyl (C=O) groups is 2. The molecule has 0 aromatic heterocycles. The SMILES string of the molecule is CCN(C(=O)C1CC1C(=O)NCCOc1ccc(OC)cc1)c1cccc(C)c1. The molecule has 1 fully saturated rings. The van der Waals surface area contributed by atoms with Crippen LogP contribution >= 0.6 is 0 Å². The molecule has 3 rings (SSSR count). The van der Waals surface area contributed by atoms with Gasteiger partial charge in [0.05, 0.1) is 25.5 Å². The van der Waals surface area contributed by atoms with E-state index in [2.05, 4.69) is 5.32 Å². The average Bonchev–Trinajstić information content (AvgIpc) is 3.53. The Labute approximate surface area is 171 Å². The summed E-state index contributed by atoms with van der Waals surface area (Å²) < 4.78 is 10.7. The molecule has 2 amide bonds. The van der Waals surface area contributed by atoms with Crippen LogP contribution in [0.1, 0.15) is 18.9 Å². The highest BCUT2D eigenvalue weighted by atomic mass is 16.5. The van der Waals surface area contributed by atoms with Crippen LogP contribution in [0.3, 0.4) is 0 Å². The summed E-state index contributed by atoms with van der Waals surface area (Å²) in [5.74, 6) is 0.938. The van der Waals surface area contributed by atoms with Gasteiger partial charge in [0.15, 0.2) is 0 Å². The molecule has 0 radical (unpaired) electrons. The predicted molar refractivity (Wildman–Crippen MR) is 112 cm³/mol. The van der Waals surface area contributed by atoms with Gasteiger partial charge >= 0.3 is 0 Å². The number of hydrogen-bond acceptors (Lipinski definition) is 4. The minimum absolute atomic E-state index is 0.0210. The molecule has 1 saturated carbocycles. The lowest BCUT2D eigenvalue weighted by Gasteiger charge is -2.21. The number of hydrogen-bond donors (Lipinski definition) is 1. The fourth-order valence-electron chi connectivity index (χ4n) is 3.37. The van der Waals surface area contributed by atoms with Crippen molar-refractivity contribution in [2.75, 3.05) is 31.7 Å². The maximum absolute atomic E-state index is 12.8. The molecule has 2 unspecified atom stereocenters. The second-order valence-corrected chi connectivity index (χ2v) is 7.19. The average molecular weight is 396 g/mol. The van der Waals surface area contributed by atoms with Gasteiger partial charge in [-0.2, -0.15) is 0 Å². The summed E-state index contributed by atoms with van der Waals surface area (Å²) >= 11 is 0. The molecular formula is C23H28N2O4. The monoisotopic (exact) mass is 396 g/mol. The summed E-state index contributed by atoms with van der Waals surface area (Å²) in [6.45, 7) is 5.31. The minimum atomic E-state index is -0.248. The maximum atomic E-state index is 12.8. The Kier molecular flexibility index (Phi) is 6.75. The Morgan fingerprint density at radius 2 is 1.83 bits per heavy atom. The second-order valence-electron chi connectivity index (χ2n) is 7.19. The highest BCUT2D eigenvalue weighted by Gasteiger charge is 2.49. The van der Waals surface area contributed by atoms with E-state index in [9.17, 15) is 9.59 Å². The Bertz CT molecular complexity index is 850. The number of carbonyl (C=O) groups excluding carboxylic acids is 2. The largest absolute Gasteiger partial charge is 0.497 e. The lowest BCUT2D eigenvalue weighted by Crippen LogP contribution is -2.35. The highest BCUT2D eigenvalue weighted by Crippen LogP contribution is 2.41. The zero-order valence-electron chi connectivity index (χ0n) is 17.2. The first kappa shape index (κ1) is 20.7. The Balaban J connectivity index is 1.43. The van der Waals surface area contributed by atoms with Crippen LogP contribution in [0.25, 0.3) is 0 Å². The molecule has 6 nitrogen and oxygen atoms in total. The summed E-state index contributed by atoms with van der Waals surface area (Å²) in [6.07, 6.45) is 0.603.